The van der Waals surface area contributed by atoms with Crippen LogP contribution in [0.2, 0.25) is 0 Å². The van der Waals surface area contributed by atoms with Crippen LogP contribution in [0, 0.1) is 5.82 Å². The highest BCUT2D eigenvalue weighted by Crippen LogP contribution is 2.12. The Morgan fingerprint density at radius 3 is 2.79 bits per heavy atom. The van der Waals surface area contributed by atoms with E-state index in [0.29, 0.717) is 12.3 Å². The van der Waals surface area contributed by atoms with E-state index in [1.54, 1.807) is 17.0 Å². The molecule has 0 aliphatic heterocycles. The van der Waals surface area contributed by atoms with Crippen molar-refractivity contribution in [2.24, 2.45) is 0 Å². The number of amides is 1. The van der Waals surface area contributed by atoms with E-state index in [4.69, 9.17) is 9.84 Å². The zero-order valence-corrected chi connectivity index (χ0v) is 11.3. The van der Waals surface area contributed by atoms with E-state index in [2.05, 4.69) is 0 Å². The molecule has 1 aromatic carbocycles. The quantitative estimate of drug-likeness (QED) is 0.821. The number of benzene rings is 1. The first-order valence-electron chi connectivity index (χ1n) is 6.33. The second-order valence-corrected chi connectivity index (χ2v) is 4.46. The monoisotopic (exact) mass is 269 g/mol. The van der Waals surface area contributed by atoms with Crippen molar-refractivity contribution in [3.8, 4) is 5.75 Å². The molecule has 0 aromatic heterocycles. The Labute approximate surface area is 112 Å². The first-order valence-corrected chi connectivity index (χ1v) is 6.33. The highest BCUT2D eigenvalue weighted by molar-refractivity contribution is 5.76. The molecule has 0 bridgehead atoms. The first-order chi connectivity index (χ1) is 9.04. The van der Waals surface area contributed by atoms with Crippen LogP contribution in [0.5, 0.6) is 5.75 Å². The normalized spacial score (nSPS) is 10.6. The van der Waals surface area contributed by atoms with Gasteiger partial charge in [-0.3, -0.25) is 4.79 Å². The summed E-state index contributed by atoms with van der Waals surface area (Å²) in [4.78, 5) is 13.5. The average molecular weight is 269 g/mol. The van der Waals surface area contributed by atoms with E-state index in [0.717, 1.165) is 0 Å². The van der Waals surface area contributed by atoms with E-state index in [-0.39, 0.29) is 37.4 Å². The highest BCUT2D eigenvalue weighted by atomic mass is 19.1. The van der Waals surface area contributed by atoms with Crippen LogP contribution in [-0.4, -0.2) is 41.7 Å². The topological polar surface area (TPSA) is 49.8 Å². The summed E-state index contributed by atoms with van der Waals surface area (Å²) >= 11 is 0. The second-order valence-electron chi connectivity index (χ2n) is 4.46. The number of hydrogen-bond donors (Lipinski definition) is 1. The number of rotatable bonds is 7. The fourth-order valence-corrected chi connectivity index (χ4v) is 1.74. The van der Waals surface area contributed by atoms with Gasteiger partial charge in [-0.2, -0.15) is 0 Å². The third-order valence-electron chi connectivity index (χ3n) is 2.67. The lowest BCUT2D eigenvalue weighted by molar-refractivity contribution is -0.133. The third kappa shape index (κ3) is 5.26. The van der Waals surface area contributed by atoms with E-state index < -0.39 is 0 Å². The first kappa shape index (κ1) is 15.4. The summed E-state index contributed by atoms with van der Waals surface area (Å²) in [5.41, 5.74) is 0. The lowest BCUT2D eigenvalue weighted by atomic mass is 10.2. The van der Waals surface area contributed by atoms with Crippen LogP contribution in [0.4, 0.5) is 4.39 Å². The Bertz CT molecular complexity index is 409. The molecule has 0 spiro atoms. The van der Waals surface area contributed by atoms with Gasteiger partial charge in [0.2, 0.25) is 5.91 Å². The molecule has 0 fully saturated rings. The van der Waals surface area contributed by atoms with Crippen LogP contribution < -0.4 is 4.74 Å². The van der Waals surface area contributed by atoms with Gasteiger partial charge in [0.1, 0.15) is 11.6 Å². The van der Waals surface area contributed by atoms with Crippen LogP contribution in [0.3, 0.4) is 0 Å². The second kappa shape index (κ2) is 7.74. The summed E-state index contributed by atoms with van der Waals surface area (Å²) in [6.45, 7) is 4.23. The number of hydrogen-bond acceptors (Lipinski definition) is 3. The summed E-state index contributed by atoms with van der Waals surface area (Å²) in [6.07, 6.45) is 0.203. The number of carbonyl (C=O) groups is 1. The predicted molar refractivity (Wildman–Crippen MR) is 70.4 cm³/mol. The lowest BCUT2D eigenvalue weighted by Crippen LogP contribution is -2.39. The zero-order valence-electron chi connectivity index (χ0n) is 11.3. The molecule has 1 rings (SSSR count). The van der Waals surface area contributed by atoms with Crippen LogP contribution in [-0.2, 0) is 4.79 Å². The minimum absolute atomic E-state index is 0.0359. The maximum absolute atomic E-state index is 12.9. The third-order valence-corrected chi connectivity index (χ3v) is 2.67. The SMILES string of the molecule is CC(C)N(CCO)C(=O)CCOc1cccc(F)c1. The Hall–Kier alpha value is -1.62. The predicted octanol–water partition coefficient (Wildman–Crippen LogP) is 1.82. The number of aliphatic hydroxyl groups is 1. The molecular weight excluding hydrogens is 249 g/mol. The number of carbonyl (C=O) groups excluding carboxylic acids is 1. The number of halogens is 1. The minimum atomic E-state index is -0.368. The van der Waals surface area contributed by atoms with Gasteiger partial charge in [-0.05, 0) is 26.0 Å². The Balaban J connectivity index is 2.41. The molecule has 1 aromatic rings. The summed E-state index contributed by atoms with van der Waals surface area (Å²) in [6, 6.07) is 5.84. The van der Waals surface area contributed by atoms with Gasteiger partial charge in [0, 0.05) is 18.7 Å². The van der Waals surface area contributed by atoms with Gasteiger partial charge in [-0.25, -0.2) is 4.39 Å². The van der Waals surface area contributed by atoms with Crippen molar-refractivity contribution >= 4 is 5.91 Å². The summed E-state index contributed by atoms with van der Waals surface area (Å²) in [7, 11) is 0. The fraction of sp³-hybridized carbons (Fsp3) is 0.500. The van der Waals surface area contributed by atoms with E-state index in [1.807, 2.05) is 13.8 Å². The summed E-state index contributed by atoms with van der Waals surface area (Å²) in [5, 5.41) is 8.90. The van der Waals surface area contributed by atoms with Crippen molar-refractivity contribution in [1.29, 1.82) is 0 Å². The number of ether oxygens (including phenoxy) is 1. The molecule has 0 aliphatic carbocycles. The highest BCUT2D eigenvalue weighted by Gasteiger charge is 2.15. The lowest BCUT2D eigenvalue weighted by Gasteiger charge is -2.25. The summed E-state index contributed by atoms with van der Waals surface area (Å²) < 4.78 is 18.2. The van der Waals surface area contributed by atoms with Crippen molar-refractivity contribution in [2.75, 3.05) is 19.8 Å². The molecular formula is C14H20FNO3. The van der Waals surface area contributed by atoms with Crippen molar-refractivity contribution in [1.82, 2.24) is 4.90 Å². The van der Waals surface area contributed by atoms with Crippen LogP contribution in [0.15, 0.2) is 24.3 Å². The van der Waals surface area contributed by atoms with Gasteiger partial charge in [-0.1, -0.05) is 6.07 Å². The molecule has 0 atom stereocenters. The van der Waals surface area contributed by atoms with Crippen molar-refractivity contribution in [2.45, 2.75) is 26.3 Å². The van der Waals surface area contributed by atoms with E-state index >= 15 is 0 Å². The Morgan fingerprint density at radius 1 is 1.47 bits per heavy atom. The van der Waals surface area contributed by atoms with Crippen molar-refractivity contribution < 1.29 is 19.0 Å². The molecule has 5 heteroatoms. The van der Waals surface area contributed by atoms with E-state index in [1.165, 1.54) is 12.1 Å². The average Bonchev–Trinajstić information content (AvgIpc) is 2.35. The van der Waals surface area contributed by atoms with Gasteiger partial charge in [0.25, 0.3) is 0 Å². The molecule has 19 heavy (non-hydrogen) atoms. The maximum Gasteiger partial charge on any atom is 0.226 e. The smallest absolute Gasteiger partial charge is 0.226 e. The van der Waals surface area contributed by atoms with Gasteiger partial charge < -0.3 is 14.7 Å². The number of nitrogens with zero attached hydrogens (tertiary/aromatic N) is 1. The van der Waals surface area contributed by atoms with E-state index in [9.17, 15) is 9.18 Å². The molecule has 0 radical (unpaired) electrons. The molecule has 0 saturated heterocycles. The van der Waals surface area contributed by atoms with Gasteiger partial charge in [0.05, 0.1) is 19.6 Å². The van der Waals surface area contributed by atoms with Gasteiger partial charge in [-0.15, -0.1) is 0 Å². The van der Waals surface area contributed by atoms with Gasteiger partial charge in [0.15, 0.2) is 0 Å². The zero-order chi connectivity index (χ0) is 14.3. The molecule has 4 nitrogen and oxygen atoms in total. The molecule has 0 unspecified atom stereocenters. The number of aliphatic hydroxyl groups excluding tert-OH is 1. The molecule has 0 aliphatic rings. The largest absolute Gasteiger partial charge is 0.493 e. The molecule has 1 amide bonds. The van der Waals surface area contributed by atoms with Crippen molar-refractivity contribution in [3.05, 3.63) is 30.1 Å². The van der Waals surface area contributed by atoms with Crippen LogP contribution >= 0.6 is 0 Å². The van der Waals surface area contributed by atoms with Crippen LogP contribution in [0.1, 0.15) is 20.3 Å². The standard InChI is InChI=1S/C14H20FNO3/c1-11(2)16(7-8-17)14(18)6-9-19-13-5-3-4-12(15)10-13/h3-5,10-11,17H,6-9H2,1-2H3. The Morgan fingerprint density at radius 2 is 2.21 bits per heavy atom. The maximum atomic E-state index is 12.9. The molecule has 0 heterocycles. The fourth-order valence-electron chi connectivity index (χ4n) is 1.74. The summed E-state index contributed by atoms with van der Waals surface area (Å²) in [5.74, 6) is -0.0422. The van der Waals surface area contributed by atoms with Crippen LogP contribution in [0.25, 0.3) is 0 Å². The van der Waals surface area contributed by atoms with Crippen molar-refractivity contribution in [3.63, 3.8) is 0 Å². The molecule has 106 valence electrons. The van der Waals surface area contributed by atoms with Gasteiger partial charge >= 0.3 is 0 Å². The molecule has 1 N–H and O–H groups in total. The minimum Gasteiger partial charge on any atom is -0.493 e. The Kier molecular flexibility index (Phi) is 6.29. The molecule has 0 saturated carbocycles.